The zero-order valence-corrected chi connectivity index (χ0v) is 10.8. The SMILES string of the molecule is CC1OCCC1N(C)Cc1ccccc1C(=O)O. The summed E-state index contributed by atoms with van der Waals surface area (Å²) in [6.07, 6.45) is 1.22. The molecule has 0 bridgehead atoms. The van der Waals surface area contributed by atoms with Gasteiger partial charge in [-0.3, -0.25) is 4.90 Å². The molecule has 0 radical (unpaired) electrons. The molecule has 2 unspecified atom stereocenters. The molecule has 2 rings (SSSR count). The molecule has 0 amide bonds. The van der Waals surface area contributed by atoms with Crippen LogP contribution in [0.4, 0.5) is 0 Å². The fourth-order valence-electron chi connectivity index (χ4n) is 2.55. The summed E-state index contributed by atoms with van der Waals surface area (Å²) in [6.45, 7) is 3.49. The van der Waals surface area contributed by atoms with E-state index in [9.17, 15) is 4.79 Å². The molecule has 1 N–H and O–H groups in total. The van der Waals surface area contributed by atoms with Crippen molar-refractivity contribution in [1.82, 2.24) is 4.90 Å². The highest BCUT2D eigenvalue weighted by Crippen LogP contribution is 2.21. The molecule has 1 heterocycles. The van der Waals surface area contributed by atoms with Gasteiger partial charge < -0.3 is 9.84 Å². The van der Waals surface area contributed by atoms with Gasteiger partial charge in [-0.2, -0.15) is 0 Å². The number of carbonyl (C=O) groups is 1. The molecule has 4 nitrogen and oxygen atoms in total. The Morgan fingerprint density at radius 3 is 2.83 bits per heavy atom. The Morgan fingerprint density at radius 1 is 1.50 bits per heavy atom. The van der Waals surface area contributed by atoms with E-state index in [4.69, 9.17) is 9.84 Å². The van der Waals surface area contributed by atoms with Crippen LogP contribution in [-0.4, -0.2) is 41.8 Å². The van der Waals surface area contributed by atoms with E-state index in [1.54, 1.807) is 12.1 Å². The Bertz CT molecular complexity index is 433. The molecular formula is C14H19NO3. The van der Waals surface area contributed by atoms with Crippen LogP contribution in [-0.2, 0) is 11.3 Å². The maximum atomic E-state index is 11.1. The molecule has 1 fully saturated rings. The number of ether oxygens (including phenoxy) is 1. The lowest BCUT2D eigenvalue weighted by Gasteiger charge is -2.27. The van der Waals surface area contributed by atoms with E-state index in [1.807, 2.05) is 19.2 Å². The van der Waals surface area contributed by atoms with Crippen molar-refractivity contribution in [2.75, 3.05) is 13.7 Å². The number of nitrogens with zero attached hydrogens (tertiary/aromatic N) is 1. The standard InChI is InChI=1S/C14H19NO3/c1-10-13(7-8-18-10)15(2)9-11-5-3-4-6-12(11)14(16)17/h3-6,10,13H,7-9H2,1-2H3,(H,16,17). The summed E-state index contributed by atoms with van der Waals surface area (Å²) >= 11 is 0. The Kier molecular flexibility index (Phi) is 3.99. The second-order valence-electron chi connectivity index (χ2n) is 4.81. The smallest absolute Gasteiger partial charge is 0.336 e. The minimum atomic E-state index is -0.866. The molecule has 0 aliphatic carbocycles. The fraction of sp³-hybridized carbons (Fsp3) is 0.500. The van der Waals surface area contributed by atoms with Crippen LogP contribution < -0.4 is 0 Å². The van der Waals surface area contributed by atoms with Crippen molar-refractivity contribution < 1.29 is 14.6 Å². The minimum absolute atomic E-state index is 0.215. The number of carboxylic acid groups (broad SMARTS) is 1. The number of likely N-dealkylation sites (N-methyl/N-ethyl adjacent to an activating group) is 1. The summed E-state index contributed by atoms with van der Waals surface area (Å²) in [5, 5.41) is 9.15. The molecule has 18 heavy (non-hydrogen) atoms. The van der Waals surface area contributed by atoms with Gasteiger partial charge in [-0.1, -0.05) is 18.2 Å². The van der Waals surface area contributed by atoms with Crippen LogP contribution in [0.15, 0.2) is 24.3 Å². The summed E-state index contributed by atoms with van der Waals surface area (Å²) in [5.41, 5.74) is 1.24. The number of hydrogen-bond acceptors (Lipinski definition) is 3. The van der Waals surface area contributed by atoms with Gasteiger partial charge in [-0.05, 0) is 32.0 Å². The van der Waals surface area contributed by atoms with Gasteiger partial charge in [0.2, 0.25) is 0 Å². The average molecular weight is 249 g/mol. The highest BCUT2D eigenvalue weighted by molar-refractivity contribution is 5.89. The lowest BCUT2D eigenvalue weighted by Crippen LogP contribution is -2.36. The average Bonchev–Trinajstić information content (AvgIpc) is 2.76. The molecule has 98 valence electrons. The van der Waals surface area contributed by atoms with Crippen LogP contribution in [0.2, 0.25) is 0 Å². The van der Waals surface area contributed by atoms with Gasteiger partial charge in [0.15, 0.2) is 0 Å². The van der Waals surface area contributed by atoms with Crippen molar-refractivity contribution in [3.63, 3.8) is 0 Å². The third kappa shape index (κ3) is 2.71. The van der Waals surface area contributed by atoms with E-state index in [0.717, 1.165) is 18.6 Å². The van der Waals surface area contributed by atoms with Gasteiger partial charge in [0, 0.05) is 19.2 Å². The van der Waals surface area contributed by atoms with Crippen LogP contribution in [0.3, 0.4) is 0 Å². The van der Waals surface area contributed by atoms with E-state index in [2.05, 4.69) is 11.8 Å². The van der Waals surface area contributed by atoms with Crippen molar-refractivity contribution in [3.05, 3.63) is 35.4 Å². The molecular weight excluding hydrogens is 230 g/mol. The van der Waals surface area contributed by atoms with Gasteiger partial charge in [0.25, 0.3) is 0 Å². The topological polar surface area (TPSA) is 49.8 Å². The summed E-state index contributed by atoms with van der Waals surface area (Å²) in [4.78, 5) is 13.3. The van der Waals surface area contributed by atoms with Crippen molar-refractivity contribution in [2.24, 2.45) is 0 Å². The first-order chi connectivity index (χ1) is 8.59. The van der Waals surface area contributed by atoms with Gasteiger partial charge in [-0.25, -0.2) is 4.79 Å². The third-order valence-electron chi connectivity index (χ3n) is 3.57. The molecule has 1 aliphatic rings. The minimum Gasteiger partial charge on any atom is -0.478 e. The number of hydrogen-bond donors (Lipinski definition) is 1. The van der Waals surface area contributed by atoms with Crippen molar-refractivity contribution >= 4 is 5.97 Å². The monoisotopic (exact) mass is 249 g/mol. The zero-order valence-electron chi connectivity index (χ0n) is 10.8. The molecule has 0 spiro atoms. The first kappa shape index (κ1) is 13.1. The van der Waals surface area contributed by atoms with E-state index < -0.39 is 5.97 Å². The highest BCUT2D eigenvalue weighted by atomic mass is 16.5. The van der Waals surface area contributed by atoms with Crippen molar-refractivity contribution in [1.29, 1.82) is 0 Å². The van der Waals surface area contributed by atoms with Crippen LogP contribution in [0.25, 0.3) is 0 Å². The lowest BCUT2D eigenvalue weighted by molar-refractivity contribution is 0.0690. The summed E-state index contributed by atoms with van der Waals surface area (Å²) < 4.78 is 5.54. The molecule has 1 aliphatic heterocycles. The summed E-state index contributed by atoms with van der Waals surface area (Å²) in [7, 11) is 2.02. The Hall–Kier alpha value is -1.39. The second kappa shape index (κ2) is 5.50. The van der Waals surface area contributed by atoms with Crippen LogP contribution >= 0.6 is 0 Å². The molecule has 1 saturated heterocycles. The maximum absolute atomic E-state index is 11.1. The van der Waals surface area contributed by atoms with E-state index >= 15 is 0 Å². The summed E-state index contributed by atoms with van der Waals surface area (Å²) in [6, 6.07) is 7.53. The first-order valence-corrected chi connectivity index (χ1v) is 6.22. The molecule has 0 aromatic heterocycles. The molecule has 1 aromatic rings. The number of rotatable bonds is 4. The van der Waals surface area contributed by atoms with Crippen molar-refractivity contribution in [3.8, 4) is 0 Å². The Morgan fingerprint density at radius 2 is 2.22 bits per heavy atom. The second-order valence-corrected chi connectivity index (χ2v) is 4.81. The van der Waals surface area contributed by atoms with E-state index in [1.165, 1.54) is 0 Å². The van der Waals surface area contributed by atoms with Gasteiger partial charge in [0.1, 0.15) is 0 Å². The molecule has 2 atom stereocenters. The number of aromatic carboxylic acids is 1. The van der Waals surface area contributed by atoms with Crippen LogP contribution in [0.1, 0.15) is 29.3 Å². The molecule has 0 saturated carbocycles. The number of benzene rings is 1. The van der Waals surface area contributed by atoms with Gasteiger partial charge in [-0.15, -0.1) is 0 Å². The van der Waals surface area contributed by atoms with Crippen LogP contribution in [0, 0.1) is 0 Å². The Labute approximate surface area is 107 Å². The van der Waals surface area contributed by atoms with Crippen molar-refractivity contribution in [2.45, 2.75) is 32.0 Å². The van der Waals surface area contributed by atoms with Crippen LogP contribution in [0.5, 0.6) is 0 Å². The summed E-state index contributed by atoms with van der Waals surface area (Å²) in [5.74, 6) is -0.866. The third-order valence-corrected chi connectivity index (χ3v) is 3.57. The predicted molar refractivity (Wildman–Crippen MR) is 68.7 cm³/mol. The molecule has 4 heteroatoms. The quantitative estimate of drug-likeness (QED) is 0.886. The Balaban J connectivity index is 2.11. The first-order valence-electron chi connectivity index (χ1n) is 6.22. The molecule has 1 aromatic carbocycles. The van der Waals surface area contributed by atoms with Gasteiger partial charge >= 0.3 is 5.97 Å². The largest absolute Gasteiger partial charge is 0.478 e. The fourth-order valence-corrected chi connectivity index (χ4v) is 2.55. The van der Waals surface area contributed by atoms with E-state index in [0.29, 0.717) is 18.2 Å². The zero-order chi connectivity index (χ0) is 13.1. The highest BCUT2D eigenvalue weighted by Gasteiger charge is 2.28. The normalized spacial score (nSPS) is 23.5. The van der Waals surface area contributed by atoms with Gasteiger partial charge in [0.05, 0.1) is 11.7 Å². The van der Waals surface area contributed by atoms with E-state index in [-0.39, 0.29) is 6.10 Å². The number of carboxylic acids is 1. The maximum Gasteiger partial charge on any atom is 0.336 e. The predicted octanol–water partition coefficient (Wildman–Crippen LogP) is 1.99. The lowest BCUT2D eigenvalue weighted by atomic mass is 10.0.